The normalized spacial score (nSPS) is 10.2. The third-order valence-electron chi connectivity index (χ3n) is 2.92. The van der Waals surface area contributed by atoms with Gasteiger partial charge in [0.25, 0.3) is 0 Å². The van der Waals surface area contributed by atoms with Crippen molar-refractivity contribution in [2.24, 2.45) is 0 Å². The second kappa shape index (κ2) is 6.45. The van der Waals surface area contributed by atoms with Gasteiger partial charge in [-0.05, 0) is 26.0 Å². The molecule has 21 heavy (non-hydrogen) atoms. The summed E-state index contributed by atoms with van der Waals surface area (Å²) in [4.78, 5) is 0. The van der Waals surface area contributed by atoms with Crippen molar-refractivity contribution in [1.29, 1.82) is 0 Å². The molecular formula is C15H17ClN4O. The number of hydrogen-bond donors (Lipinski definition) is 1. The number of rotatable bonds is 3. The van der Waals surface area contributed by atoms with Gasteiger partial charge in [-0.3, -0.25) is 5.10 Å². The Morgan fingerprint density at radius 3 is 2.52 bits per heavy atom. The predicted molar refractivity (Wildman–Crippen MR) is 83.8 cm³/mol. The summed E-state index contributed by atoms with van der Waals surface area (Å²) in [7, 11) is 0. The number of nitrogens with one attached hydrogen (secondary N) is 1. The molecule has 0 saturated heterocycles. The highest BCUT2D eigenvalue weighted by molar-refractivity contribution is 6.34. The molecule has 2 aromatic heterocycles. The summed E-state index contributed by atoms with van der Waals surface area (Å²) in [5.41, 5.74) is 2.69. The molecular weight excluding hydrogens is 288 g/mol. The number of halogens is 1. The summed E-state index contributed by atoms with van der Waals surface area (Å²) >= 11 is 6.09. The lowest BCUT2D eigenvalue weighted by molar-refractivity contribution is 0.292. The minimum atomic E-state index is 0.334. The van der Waals surface area contributed by atoms with Crippen LogP contribution in [0.2, 0.25) is 5.02 Å². The Bertz CT molecular complexity index is 730. The average Bonchev–Trinajstić information content (AvgIpc) is 3.02. The fourth-order valence-corrected chi connectivity index (χ4v) is 2.00. The number of aryl methyl sites for hydroxylation is 2. The number of aromatic nitrogens is 4. The second-order valence-electron chi connectivity index (χ2n) is 4.43. The molecule has 0 radical (unpaired) electrons. The van der Waals surface area contributed by atoms with Gasteiger partial charge in [0.1, 0.15) is 17.4 Å². The zero-order valence-corrected chi connectivity index (χ0v) is 12.8. The molecule has 110 valence electrons. The van der Waals surface area contributed by atoms with E-state index in [4.69, 9.17) is 16.3 Å². The molecule has 0 bridgehead atoms. The van der Waals surface area contributed by atoms with Gasteiger partial charge in [0.05, 0.1) is 5.69 Å². The van der Waals surface area contributed by atoms with E-state index in [0.717, 1.165) is 11.4 Å². The van der Waals surface area contributed by atoms with Gasteiger partial charge in [0, 0.05) is 0 Å². The summed E-state index contributed by atoms with van der Waals surface area (Å²) in [5, 5.41) is 11.8. The van der Waals surface area contributed by atoms with Crippen molar-refractivity contribution in [2.45, 2.75) is 20.5 Å². The van der Waals surface area contributed by atoms with Crippen molar-refractivity contribution >= 4 is 17.2 Å². The molecule has 3 aromatic rings. The minimum Gasteiger partial charge on any atom is -0.486 e. The maximum Gasteiger partial charge on any atom is 0.196 e. The molecule has 0 aliphatic heterocycles. The van der Waals surface area contributed by atoms with Crippen LogP contribution in [0.1, 0.15) is 17.1 Å². The number of nitrogens with zero attached hydrogens (tertiary/aromatic N) is 3. The monoisotopic (exact) mass is 304 g/mol. The van der Waals surface area contributed by atoms with Gasteiger partial charge in [-0.1, -0.05) is 29.3 Å². The zero-order valence-electron chi connectivity index (χ0n) is 12.1. The first-order valence-corrected chi connectivity index (χ1v) is 6.80. The molecule has 0 amide bonds. The lowest BCUT2D eigenvalue weighted by atomic mass is 10.2. The highest BCUT2D eigenvalue weighted by atomic mass is 35.5. The third-order valence-corrected chi connectivity index (χ3v) is 3.38. The minimum absolute atomic E-state index is 0.334. The smallest absolute Gasteiger partial charge is 0.196 e. The number of hydrogen-bond acceptors (Lipinski definition) is 3. The molecule has 0 atom stereocenters. The van der Waals surface area contributed by atoms with Crippen molar-refractivity contribution in [1.82, 2.24) is 19.8 Å². The Balaban J connectivity index is 0.000000774. The van der Waals surface area contributed by atoms with E-state index in [9.17, 15) is 0 Å². The van der Waals surface area contributed by atoms with Gasteiger partial charge in [-0.15, -0.1) is 23.4 Å². The molecule has 0 aliphatic carbocycles. The van der Waals surface area contributed by atoms with Crippen LogP contribution in [0.15, 0.2) is 37.4 Å². The fraction of sp³-hybridized carbons (Fsp3) is 0.200. The number of fused-ring (bicyclic) bond motifs is 1. The fourth-order valence-electron chi connectivity index (χ4n) is 1.84. The lowest BCUT2D eigenvalue weighted by Crippen LogP contribution is -2.02. The highest BCUT2D eigenvalue weighted by Crippen LogP contribution is 2.20. The molecule has 1 N–H and O–H groups in total. The van der Waals surface area contributed by atoms with Crippen molar-refractivity contribution < 1.29 is 4.74 Å². The number of aromatic amines is 1. The maximum atomic E-state index is 6.09. The summed E-state index contributed by atoms with van der Waals surface area (Å²) < 4.78 is 7.42. The van der Waals surface area contributed by atoms with Gasteiger partial charge >= 0.3 is 0 Å². The van der Waals surface area contributed by atoms with E-state index in [2.05, 4.69) is 28.5 Å². The van der Waals surface area contributed by atoms with Crippen molar-refractivity contribution in [3.05, 3.63) is 59.5 Å². The van der Waals surface area contributed by atoms with Crippen LogP contribution in [-0.4, -0.2) is 19.8 Å². The van der Waals surface area contributed by atoms with Gasteiger partial charge in [-0.25, -0.2) is 4.52 Å². The van der Waals surface area contributed by atoms with E-state index in [0.29, 0.717) is 23.1 Å². The molecule has 1 aromatic carbocycles. The molecule has 3 rings (SSSR count). The van der Waals surface area contributed by atoms with Crippen LogP contribution in [0.5, 0.6) is 5.75 Å². The Morgan fingerprint density at radius 2 is 1.86 bits per heavy atom. The first-order chi connectivity index (χ1) is 10.1. The van der Waals surface area contributed by atoms with Gasteiger partial charge in [0.2, 0.25) is 0 Å². The Kier molecular flexibility index (Phi) is 4.65. The SMILES string of the molecule is C=C.Cc1ccc(OCc2nnc3c(Cl)c(C)[nH]n23)cc1. The molecule has 0 saturated carbocycles. The van der Waals surface area contributed by atoms with Gasteiger partial charge < -0.3 is 4.74 Å². The summed E-state index contributed by atoms with van der Waals surface area (Å²) in [5.74, 6) is 1.49. The van der Waals surface area contributed by atoms with Gasteiger partial charge in [0.15, 0.2) is 11.5 Å². The maximum absolute atomic E-state index is 6.09. The summed E-state index contributed by atoms with van der Waals surface area (Å²) in [6.45, 7) is 10.3. The average molecular weight is 305 g/mol. The van der Waals surface area contributed by atoms with E-state index < -0.39 is 0 Å². The summed E-state index contributed by atoms with van der Waals surface area (Å²) in [6.07, 6.45) is 0. The molecule has 0 unspecified atom stereocenters. The van der Waals surface area contributed by atoms with Crippen LogP contribution >= 0.6 is 11.6 Å². The zero-order chi connectivity index (χ0) is 15.4. The summed E-state index contributed by atoms with van der Waals surface area (Å²) in [6, 6.07) is 7.87. The van der Waals surface area contributed by atoms with Crippen LogP contribution in [0.3, 0.4) is 0 Å². The van der Waals surface area contributed by atoms with Crippen LogP contribution in [-0.2, 0) is 6.61 Å². The largest absolute Gasteiger partial charge is 0.486 e. The molecule has 0 aliphatic rings. The second-order valence-corrected chi connectivity index (χ2v) is 4.81. The molecule has 5 nitrogen and oxygen atoms in total. The molecule has 2 heterocycles. The van der Waals surface area contributed by atoms with E-state index in [-0.39, 0.29) is 0 Å². The lowest BCUT2D eigenvalue weighted by Gasteiger charge is -2.04. The molecule has 0 spiro atoms. The highest BCUT2D eigenvalue weighted by Gasteiger charge is 2.13. The number of H-pyrrole nitrogens is 1. The standard InChI is InChI=1S/C13H13ClN4O.C2H4/c1-8-3-5-10(6-4-8)19-7-11-15-16-13-12(14)9(2)17-18(11)13;1-2/h3-6,17H,7H2,1-2H3;1-2H2. The Hall–Kier alpha value is -2.27. The third kappa shape index (κ3) is 3.08. The predicted octanol–water partition coefficient (Wildman–Crippen LogP) is 3.71. The topological polar surface area (TPSA) is 55.2 Å². The molecule has 6 heteroatoms. The number of benzene rings is 1. The molecule has 0 fully saturated rings. The van der Waals surface area contributed by atoms with Crippen LogP contribution in [0, 0.1) is 13.8 Å². The van der Waals surface area contributed by atoms with Crippen molar-refractivity contribution in [3.8, 4) is 5.75 Å². The van der Waals surface area contributed by atoms with E-state index in [1.54, 1.807) is 4.52 Å². The van der Waals surface area contributed by atoms with Gasteiger partial charge in [-0.2, -0.15) is 0 Å². The Labute approximate surface area is 128 Å². The number of ether oxygens (including phenoxy) is 1. The van der Waals surface area contributed by atoms with Crippen LogP contribution < -0.4 is 4.74 Å². The quantitative estimate of drug-likeness (QED) is 0.750. The first-order valence-electron chi connectivity index (χ1n) is 6.42. The van der Waals surface area contributed by atoms with Crippen LogP contribution in [0.4, 0.5) is 0 Å². The van der Waals surface area contributed by atoms with Crippen LogP contribution in [0.25, 0.3) is 5.65 Å². The van der Waals surface area contributed by atoms with Crippen molar-refractivity contribution in [3.63, 3.8) is 0 Å². The van der Waals surface area contributed by atoms with E-state index in [1.165, 1.54) is 5.56 Å². The Morgan fingerprint density at radius 1 is 1.19 bits per heavy atom. The van der Waals surface area contributed by atoms with Crippen molar-refractivity contribution in [2.75, 3.05) is 0 Å². The van der Waals surface area contributed by atoms with E-state index in [1.807, 2.05) is 38.1 Å². The first kappa shape index (κ1) is 15.1. The van der Waals surface area contributed by atoms with E-state index >= 15 is 0 Å².